The predicted molar refractivity (Wildman–Crippen MR) is 118 cm³/mol. The fourth-order valence-corrected chi connectivity index (χ4v) is 3.49. The molecular weight excluding hydrogens is 402 g/mol. The van der Waals surface area contributed by atoms with E-state index in [2.05, 4.69) is 17.1 Å². The lowest BCUT2D eigenvalue weighted by molar-refractivity contribution is -0.143. The smallest absolute Gasteiger partial charge is 0.306 e. The molecule has 7 heteroatoms. The van der Waals surface area contributed by atoms with Gasteiger partial charge in [0.25, 0.3) is 0 Å². The van der Waals surface area contributed by atoms with Gasteiger partial charge in [-0.3, -0.25) is 4.79 Å². The Balaban J connectivity index is 1.58. The van der Waals surface area contributed by atoms with Crippen LogP contribution >= 0.6 is 11.6 Å². The maximum absolute atomic E-state index is 12.1. The zero-order valence-corrected chi connectivity index (χ0v) is 18.1. The van der Waals surface area contributed by atoms with Crippen molar-refractivity contribution in [1.29, 1.82) is 0 Å². The lowest BCUT2D eigenvalue weighted by atomic mass is 10.1. The van der Waals surface area contributed by atoms with Crippen LogP contribution in [0.1, 0.15) is 57.4 Å². The third-order valence-corrected chi connectivity index (χ3v) is 5.22. The summed E-state index contributed by atoms with van der Waals surface area (Å²) in [5, 5.41) is 19.4. The van der Waals surface area contributed by atoms with Gasteiger partial charge in [-0.05, 0) is 42.7 Å². The highest BCUT2D eigenvalue weighted by Crippen LogP contribution is 2.23. The molecule has 3 aromatic rings. The van der Waals surface area contributed by atoms with Gasteiger partial charge in [-0.25, -0.2) is 0 Å². The highest BCUT2D eigenvalue weighted by Gasteiger charge is 2.13. The van der Waals surface area contributed by atoms with E-state index in [4.69, 9.17) is 16.3 Å². The Bertz CT molecular complexity index is 987. The summed E-state index contributed by atoms with van der Waals surface area (Å²) in [6.07, 6.45) is 7.68. The number of aromatic nitrogens is 3. The molecule has 1 aromatic heterocycles. The van der Waals surface area contributed by atoms with Crippen molar-refractivity contribution < 1.29 is 14.6 Å². The predicted octanol–water partition coefficient (Wildman–Crippen LogP) is 5.62. The SMILES string of the molecule is CCCCCCCCOC(=O)CCc1ccc(O)cc1-n1nc2ccc(Cl)cc2n1. The number of aromatic hydroxyl groups is 1. The molecule has 6 nitrogen and oxygen atoms in total. The molecule has 3 rings (SSSR count). The number of hydrogen-bond donors (Lipinski definition) is 1. The average Bonchev–Trinajstić information content (AvgIpc) is 3.15. The summed E-state index contributed by atoms with van der Waals surface area (Å²) in [5.74, 6) is -0.105. The van der Waals surface area contributed by atoms with E-state index in [1.54, 1.807) is 36.4 Å². The average molecular weight is 430 g/mol. The van der Waals surface area contributed by atoms with Gasteiger partial charge >= 0.3 is 5.97 Å². The molecule has 0 saturated heterocycles. The van der Waals surface area contributed by atoms with Gasteiger partial charge in [-0.2, -0.15) is 0 Å². The molecule has 1 heterocycles. The van der Waals surface area contributed by atoms with Crippen molar-refractivity contribution in [2.24, 2.45) is 0 Å². The van der Waals surface area contributed by atoms with Crippen LogP contribution in [0.5, 0.6) is 5.75 Å². The number of esters is 1. The number of fused-ring (bicyclic) bond motifs is 1. The molecule has 0 aliphatic rings. The first-order valence-corrected chi connectivity index (χ1v) is 10.9. The van der Waals surface area contributed by atoms with E-state index in [0.29, 0.717) is 34.8 Å². The molecule has 160 valence electrons. The van der Waals surface area contributed by atoms with Gasteiger partial charge in [0.2, 0.25) is 0 Å². The Labute approximate surface area is 181 Å². The van der Waals surface area contributed by atoms with Crippen LogP contribution in [0.4, 0.5) is 0 Å². The molecule has 2 aromatic carbocycles. The molecular formula is C23H28ClN3O3. The van der Waals surface area contributed by atoms with Crippen molar-refractivity contribution in [3.05, 3.63) is 47.0 Å². The van der Waals surface area contributed by atoms with E-state index in [1.807, 2.05) is 0 Å². The van der Waals surface area contributed by atoms with Crippen LogP contribution in [0.25, 0.3) is 16.7 Å². The maximum atomic E-state index is 12.1. The first-order chi connectivity index (χ1) is 14.6. The fourth-order valence-electron chi connectivity index (χ4n) is 3.32. The Kier molecular flexibility index (Phi) is 8.08. The first-order valence-electron chi connectivity index (χ1n) is 10.6. The van der Waals surface area contributed by atoms with Gasteiger partial charge < -0.3 is 9.84 Å². The third kappa shape index (κ3) is 6.20. The zero-order valence-electron chi connectivity index (χ0n) is 17.3. The van der Waals surface area contributed by atoms with Crippen molar-refractivity contribution in [3.8, 4) is 11.4 Å². The summed E-state index contributed by atoms with van der Waals surface area (Å²) in [4.78, 5) is 13.6. The summed E-state index contributed by atoms with van der Waals surface area (Å²) in [6, 6.07) is 10.3. The number of nitrogens with zero attached hydrogens (tertiary/aromatic N) is 3. The number of benzene rings is 2. The van der Waals surface area contributed by atoms with Gasteiger partial charge in [-0.15, -0.1) is 15.0 Å². The minimum absolute atomic E-state index is 0.110. The maximum Gasteiger partial charge on any atom is 0.306 e. The number of unbranched alkanes of at least 4 members (excludes halogenated alkanes) is 5. The number of phenols is 1. The summed E-state index contributed by atoms with van der Waals surface area (Å²) in [7, 11) is 0. The Morgan fingerprint density at radius 3 is 2.63 bits per heavy atom. The number of carbonyl (C=O) groups excluding carboxylic acids is 1. The lowest BCUT2D eigenvalue weighted by Gasteiger charge is -2.09. The highest BCUT2D eigenvalue weighted by molar-refractivity contribution is 6.31. The Morgan fingerprint density at radius 1 is 1.03 bits per heavy atom. The number of halogens is 1. The van der Waals surface area contributed by atoms with Gasteiger partial charge in [0.15, 0.2) is 0 Å². The molecule has 0 fully saturated rings. The van der Waals surface area contributed by atoms with Crippen LogP contribution in [-0.2, 0) is 16.0 Å². The number of hydrogen-bond acceptors (Lipinski definition) is 5. The van der Waals surface area contributed by atoms with E-state index >= 15 is 0 Å². The number of aryl methyl sites for hydroxylation is 1. The molecule has 0 bridgehead atoms. The molecule has 0 aliphatic heterocycles. The van der Waals surface area contributed by atoms with Gasteiger partial charge in [-0.1, -0.05) is 56.7 Å². The van der Waals surface area contributed by atoms with Crippen LogP contribution in [0, 0.1) is 0 Å². The van der Waals surface area contributed by atoms with E-state index in [-0.39, 0.29) is 18.1 Å². The minimum atomic E-state index is -0.215. The second-order valence-corrected chi connectivity index (χ2v) is 7.86. The first kappa shape index (κ1) is 22.1. The van der Waals surface area contributed by atoms with Gasteiger partial charge in [0.05, 0.1) is 12.3 Å². The number of carbonyl (C=O) groups is 1. The van der Waals surface area contributed by atoms with Gasteiger partial charge in [0, 0.05) is 17.5 Å². The number of ether oxygens (including phenoxy) is 1. The molecule has 0 amide bonds. The molecule has 0 atom stereocenters. The monoisotopic (exact) mass is 429 g/mol. The Hall–Kier alpha value is -2.60. The number of phenolic OH excluding ortho intramolecular Hbond substituents is 1. The van der Waals surface area contributed by atoms with Crippen LogP contribution in [0.3, 0.4) is 0 Å². The van der Waals surface area contributed by atoms with E-state index < -0.39 is 0 Å². The second-order valence-electron chi connectivity index (χ2n) is 7.42. The standard InChI is InChI=1S/C23H28ClN3O3/c1-2-3-4-5-6-7-14-30-23(29)13-9-17-8-11-19(28)16-22(17)27-25-20-12-10-18(24)15-21(20)26-27/h8,10-12,15-16,28H,2-7,9,13-14H2,1H3. The quantitative estimate of drug-likeness (QED) is 0.316. The van der Waals surface area contributed by atoms with Crippen LogP contribution < -0.4 is 0 Å². The fraction of sp³-hybridized carbons (Fsp3) is 0.435. The van der Waals surface area contributed by atoms with Crippen LogP contribution in [0.2, 0.25) is 5.02 Å². The van der Waals surface area contributed by atoms with Crippen molar-refractivity contribution >= 4 is 28.6 Å². The van der Waals surface area contributed by atoms with E-state index in [0.717, 1.165) is 18.4 Å². The zero-order chi connectivity index (χ0) is 21.3. The minimum Gasteiger partial charge on any atom is -0.508 e. The summed E-state index contributed by atoms with van der Waals surface area (Å²) in [6.45, 7) is 2.67. The summed E-state index contributed by atoms with van der Waals surface area (Å²) in [5.41, 5.74) is 2.85. The van der Waals surface area contributed by atoms with Crippen molar-refractivity contribution in [2.45, 2.75) is 58.3 Å². The van der Waals surface area contributed by atoms with E-state index in [1.165, 1.54) is 30.5 Å². The molecule has 0 aliphatic carbocycles. The molecule has 0 radical (unpaired) electrons. The van der Waals surface area contributed by atoms with Crippen molar-refractivity contribution in [1.82, 2.24) is 15.0 Å². The number of rotatable bonds is 11. The topological polar surface area (TPSA) is 77.2 Å². The molecule has 0 saturated carbocycles. The summed E-state index contributed by atoms with van der Waals surface area (Å²) < 4.78 is 5.36. The van der Waals surface area contributed by atoms with Crippen LogP contribution in [0.15, 0.2) is 36.4 Å². The molecule has 0 spiro atoms. The lowest BCUT2D eigenvalue weighted by Crippen LogP contribution is -2.09. The normalized spacial score (nSPS) is 11.1. The highest BCUT2D eigenvalue weighted by atomic mass is 35.5. The molecule has 1 N–H and O–H groups in total. The van der Waals surface area contributed by atoms with E-state index in [9.17, 15) is 9.90 Å². The van der Waals surface area contributed by atoms with Gasteiger partial charge in [0.1, 0.15) is 16.8 Å². The van der Waals surface area contributed by atoms with Crippen molar-refractivity contribution in [2.75, 3.05) is 6.61 Å². The largest absolute Gasteiger partial charge is 0.508 e. The molecule has 0 unspecified atom stereocenters. The van der Waals surface area contributed by atoms with Crippen molar-refractivity contribution in [3.63, 3.8) is 0 Å². The van der Waals surface area contributed by atoms with Crippen LogP contribution in [-0.4, -0.2) is 32.7 Å². The molecule has 30 heavy (non-hydrogen) atoms. The Morgan fingerprint density at radius 2 is 1.80 bits per heavy atom. The second kappa shape index (κ2) is 11.0. The third-order valence-electron chi connectivity index (χ3n) is 4.99. The summed E-state index contributed by atoms with van der Waals surface area (Å²) >= 11 is 6.03.